The number of nitrogens with one attached hydrogen (secondary N) is 2. The van der Waals surface area contributed by atoms with Gasteiger partial charge in [-0.1, -0.05) is 18.2 Å². The van der Waals surface area contributed by atoms with Gasteiger partial charge >= 0.3 is 5.97 Å². The lowest BCUT2D eigenvalue weighted by Gasteiger charge is -2.10. The smallest absolute Gasteiger partial charge is 0.339 e. The number of anilines is 3. The molecule has 0 radical (unpaired) electrons. The predicted molar refractivity (Wildman–Crippen MR) is 92.5 cm³/mol. The van der Waals surface area contributed by atoms with Crippen molar-refractivity contribution >= 4 is 23.4 Å². The van der Waals surface area contributed by atoms with Crippen molar-refractivity contribution < 1.29 is 9.53 Å². The summed E-state index contributed by atoms with van der Waals surface area (Å²) in [6.45, 7) is 0.512. The molecule has 0 bridgehead atoms. The Morgan fingerprint density at radius 1 is 1.16 bits per heavy atom. The van der Waals surface area contributed by atoms with E-state index in [1.807, 2.05) is 18.2 Å². The molecule has 0 aliphatic carbocycles. The minimum Gasteiger partial charge on any atom is -0.465 e. The van der Waals surface area contributed by atoms with Crippen LogP contribution >= 0.6 is 0 Å². The second-order valence-corrected chi connectivity index (χ2v) is 5.00. The molecule has 2 aromatic heterocycles. The lowest BCUT2D eigenvalue weighted by Crippen LogP contribution is -2.09. The van der Waals surface area contributed by atoms with Crippen LogP contribution in [0.4, 0.5) is 17.5 Å². The summed E-state index contributed by atoms with van der Waals surface area (Å²) in [5.74, 6) is 0.363. The van der Waals surface area contributed by atoms with E-state index in [9.17, 15) is 4.79 Å². The average Bonchev–Trinajstić information content (AvgIpc) is 2.67. The first-order valence-corrected chi connectivity index (χ1v) is 7.54. The highest BCUT2D eigenvalue weighted by Crippen LogP contribution is 2.19. The second-order valence-electron chi connectivity index (χ2n) is 5.00. The number of carbonyl (C=O) groups excluding carboxylic acids is 1. The van der Waals surface area contributed by atoms with E-state index in [0.29, 0.717) is 23.6 Å². The van der Waals surface area contributed by atoms with E-state index in [1.165, 1.54) is 13.3 Å². The highest BCUT2D eigenvalue weighted by Gasteiger charge is 2.12. The molecular weight excluding hydrogens is 320 g/mol. The zero-order chi connectivity index (χ0) is 17.5. The number of para-hydroxylation sites is 1. The van der Waals surface area contributed by atoms with Gasteiger partial charge in [-0.25, -0.2) is 4.79 Å². The maximum atomic E-state index is 11.8. The molecule has 0 aliphatic rings. The molecule has 0 aliphatic heterocycles. The van der Waals surface area contributed by atoms with Gasteiger partial charge in [0.2, 0.25) is 5.95 Å². The summed E-state index contributed by atoms with van der Waals surface area (Å²) < 4.78 is 4.77. The number of esters is 1. The van der Waals surface area contributed by atoms with Crippen LogP contribution in [0, 0.1) is 0 Å². The topological polar surface area (TPSA) is 102 Å². The van der Waals surface area contributed by atoms with E-state index >= 15 is 0 Å². The van der Waals surface area contributed by atoms with Gasteiger partial charge < -0.3 is 15.4 Å². The lowest BCUT2D eigenvalue weighted by molar-refractivity contribution is 0.0602. The number of benzene rings is 1. The van der Waals surface area contributed by atoms with E-state index in [2.05, 4.69) is 30.8 Å². The van der Waals surface area contributed by atoms with E-state index < -0.39 is 5.97 Å². The van der Waals surface area contributed by atoms with Gasteiger partial charge in [-0.2, -0.15) is 10.1 Å². The van der Waals surface area contributed by atoms with Crippen LogP contribution in [0.1, 0.15) is 16.1 Å². The Balaban J connectivity index is 1.73. The molecule has 0 fully saturated rings. The third-order valence-electron chi connectivity index (χ3n) is 3.31. The van der Waals surface area contributed by atoms with E-state index in [1.54, 1.807) is 30.5 Å². The van der Waals surface area contributed by atoms with Crippen molar-refractivity contribution in [3.63, 3.8) is 0 Å². The number of rotatable bonds is 6. The minimum absolute atomic E-state index is 0.266. The van der Waals surface area contributed by atoms with Gasteiger partial charge in [0.15, 0.2) is 5.82 Å². The molecule has 3 rings (SSSR count). The quantitative estimate of drug-likeness (QED) is 0.662. The van der Waals surface area contributed by atoms with Crippen LogP contribution in [0.5, 0.6) is 0 Å². The summed E-state index contributed by atoms with van der Waals surface area (Å²) in [5, 5.41) is 14.0. The molecule has 2 heterocycles. The third kappa shape index (κ3) is 4.25. The van der Waals surface area contributed by atoms with Crippen LogP contribution in [0.3, 0.4) is 0 Å². The van der Waals surface area contributed by atoms with Gasteiger partial charge in [-0.05, 0) is 24.3 Å². The summed E-state index contributed by atoms with van der Waals surface area (Å²) in [6, 6.07) is 12.6. The van der Waals surface area contributed by atoms with Crippen LogP contribution in [0.25, 0.3) is 0 Å². The minimum atomic E-state index is -0.444. The second kappa shape index (κ2) is 7.82. The van der Waals surface area contributed by atoms with Crippen molar-refractivity contribution in [2.24, 2.45) is 0 Å². The van der Waals surface area contributed by atoms with Crippen molar-refractivity contribution in [3.05, 3.63) is 66.1 Å². The van der Waals surface area contributed by atoms with Crippen LogP contribution < -0.4 is 10.6 Å². The largest absolute Gasteiger partial charge is 0.465 e. The Hall–Kier alpha value is -3.55. The molecule has 0 saturated carbocycles. The van der Waals surface area contributed by atoms with Crippen LogP contribution in [0.2, 0.25) is 0 Å². The number of carbonyl (C=O) groups is 1. The Labute approximate surface area is 144 Å². The summed E-state index contributed by atoms with van der Waals surface area (Å²) in [5.41, 5.74) is 1.81. The fourth-order valence-corrected chi connectivity index (χ4v) is 2.13. The van der Waals surface area contributed by atoms with Crippen molar-refractivity contribution in [2.45, 2.75) is 6.54 Å². The van der Waals surface area contributed by atoms with E-state index in [-0.39, 0.29) is 5.95 Å². The molecule has 8 nitrogen and oxygen atoms in total. The molecule has 0 amide bonds. The average molecular weight is 336 g/mol. The number of methoxy groups -OCH3 is 1. The highest BCUT2D eigenvalue weighted by atomic mass is 16.5. The van der Waals surface area contributed by atoms with Gasteiger partial charge in [0, 0.05) is 6.20 Å². The zero-order valence-corrected chi connectivity index (χ0v) is 13.5. The van der Waals surface area contributed by atoms with Crippen LogP contribution in [-0.2, 0) is 11.3 Å². The van der Waals surface area contributed by atoms with Crippen molar-refractivity contribution in [3.8, 4) is 0 Å². The van der Waals surface area contributed by atoms with Gasteiger partial charge in [0.1, 0.15) is 0 Å². The Morgan fingerprint density at radius 3 is 2.80 bits per heavy atom. The molecule has 2 N–H and O–H groups in total. The van der Waals surface area contributed by atoms with Crippen molar-refractivity contribution in [2.75, 3.05) is 17.7 Å². The molecule has 0 unspecified atom stereocenters. The SMILES string of the molecule is COC(=O)c1ccccc1Nc1nncc(NCc2ccccn2)n1. The van der Waals surface area contributed by atoms with E-state index in [0.717, 1.165) is 5.69 Å². The maximum Gasteiger partial charge on any atom is 0.339 e. The summed E-state index contributed by atoms with van der Waals surface area (Å²) >= 11 is 0. The third-order valence-corrected chi connectivity index (χ3v) is 3.31. The molecule has 0 saturated heterocycles. The molecule has 3 aromatic rings. The van der Waals surface area contributed by atoms with Crippen molar-refractivity contribution in [1.82, 2.24) is 20.2 Å². The Morgan fingerprint density at radius 2 is 2.00 bits per heavy atom. The normalized spacial score (nSPS) is 10.1. The number of pyridine rings is 1. The van der Waals surface area contributed by atoms with E-state index in [4.69, 9.17) is 4.74 Å². The maximum absolute atomic E-state index is 11.8. The molecular formula is C17H16N6O2. The fourth-order valence-electron chi connectivity index (χ4n) is 2.13. The van der Waals surface area contributed by atoms with Crippen LogP contribution in [0.15, 0.2) is 54.9 Å². The molecule has 1 aromatic carbocycles. The number of nitrogens with zero attached hydrogens (tertiary/aromatic N) is 4. The summed E-state index contributed by atoms with van der Waals surface area (Å²) in [7, 11) is 1.33. The molecule has 0 spiro atoms. The highest BCUT2D eigenvalue weighted by molar-refractivity contribution is 5.96. The molecule has 126 valence electrons. The van der Waals surface area contributed by atoms with Gasteiger partial charge in [0.25, 0.3) is 0 Å². The van der Waals surface area contributed by atoms with Crippen LogP contribution in [-0.4, -0.2) is 33.2 Å². The number of hydrogen-bond donors (Lipinski definition) is 2. The predicted octanol–water partition coefficient (Wildman–Crippen LogP) is 2.41. The number of aromatic nitrogens is 4. The Bertz CT molecular complexity index is 857. The van der Waals surface area contributed by atoms with Crippen molar-refractivity contribution in [1.29, 1.82) is 0 Å². The standard InChI is InChI=1S/C17H16N6O2/c1-25-16(24)13-7-2-3-8-14(13)21-17-22-15(11-20-23-17)19-10-12-6-4-5-9-18-12/h2-9,11H,10H2,1H3,(H2,19,21,22,23). The summed E-state index contributed by atoms with van der Waals surface area (Å²) in [4.78, 5) is 20.4. The van der Waals surface area contributed by atoms with Gasteiger partial charge in [-0.15, -0.1) is 5.10 Å². The van der Waals surface area contributed by atoms with Gasteiger partial charge in [-0.3, -0.25) is 4.98 Å². The number of hydrogen-bond acceptors (Lipinski definition) is 8. The summed E-state index contributed by atoms with van der Waals surface area (Å²) in [6.07, 6.45) is 3.24. The monoisotopic (exact) mass is 336 g/mol. The number of ether oxygens (including phenoxy) is 1. The first-order valence-electron chi connectivity index (χ1n) is 7.54. The first-order chi connectivity index (χ1) is 12.3. The zero-order valence-electron chi connectivity index (χ0n) is 13.5. The molecule has 0 atom stereocenters. The fraction of sp³-hybridized carbons (Fsp3) is 0.118. The van der Waals surface area contributed by atoms with Gasteiger partial charge in [0.05, 0.1) is 36.8 Å². The molecule has 8 heteroatoms. The first kappa shape index (κ1) is 16.3. The Kier molecular flexibility index (Phi) is 5.10. The molecule has 25 heavy (non-hydrogen) atoms. The lowest BCUT2D eigenvalue weighted by atomic mass is 10.2.